The van der Waals surface area contributed by atoms with Crippen LogP contribution in [0.2, 0.25) is 10.0 Å². The molecule has 1 aromatic heterocycles. The molecule has 1 aromatic carbocycles. The first-order valence-electron chi connectivity index (χ1n) is 3.07. The van der Waals surface area contributed by atoms with E-state index in [4.69, 9.17) is 23.2 Å². The molecule has 0 saturated heterocycles. The van der Waals surface area contributed by atoms with Crippen molar-refractivity contribution >= 4 is 77.8 Å². The lowest BCUT2D eigenvalue weighted by Crippen LogP contribution is -1.80. The van der Waals surface area contributed by atoms with Crippen LogP contribution in [0.1, 0.15) is 0 Å². The van der Waals surface area contributed by atoms with Crippen LogP contribution in [0.15, 0.2) is 8.95 Å². The van der Waals surface area contributed by atoms with Crippen LogP contribution in [0.4, 0.5) is 0 Å². The van der Waals surface area contributed by atoms with E-state index in [0.29, 0.717) is 19.0 Å². The van der Waals surface area contributed by atoms with Gasteiger partial charge in [0.1, 0.15) is 11.0 Å². The smallest absolute Gasteiger partial charge is 0.121 e. The average Bonchev–Trinajstić information content (AvgIpc) is 2.59. The highest BCUT2D eigenvalue weighted by atomic mass is 79.9. The van der Waals surface area contributed by atoms with Gasteiger partial charge < -0.3 is 0 Å². The standard InChI is InChI=1S/C6Br2Cl2N2S/c7-1-3(9)4(10)2(8)6-5(1)11-13-12-6. The number of halogens is 4. The second kappa shape index (κ2) is 3.62. The summed E-state index contributed by atoms with van der Waals surface area (Å²) in [6, 6.07) is 0. The predicted molar refractivity (Wildman–Crippen MR) is 62.8 cm³/mol. The van der Waals surface area contributed by atoms with Gasteiger partial charge in [0, 0.05) is 0 Å². The van der Waals surface area contributed by atoms with Gasteiger partial charge in [-0.15, -0.1) is 0 Å². The molecule has 0 aliphatic rings. The van der Waals surface area contributed by atoms with Crippen LogP contribution in [0.3, 0.4) is 0 Å². The van der Waals surface area contributed by atoms with Crippen molar-refractivity contribution < 1.29 is 0 Å². The monoisotopic (exact) mass is 360 g/mol. The Hall–Kier alpha value is 0.580. The Morgan fingerprint density at radius 3 is 1.69 bits per heavy atom. The molecular formula is C6Br2Cl2N2S. The Morgan fingerprint density at radius 1 is 0.923 bits per heavy atom. The minimum Gasteiger partial charge on any atom is -0.172 e. The molecule has 0 atom stereocenters. The SMILES string of the molecule is Clc1c(Cl)c(Br)c2nsnc2c1Br. The van der Waals surface area contributed by atoms with Gasteiger partial charge >= 0.3 is 0 Å². The van der Waals surface area contributed by atoms with Gasteiger partial charge in [0.25, 0.3) is 0 Å². The van der Waals surface area contributed by atoms with Crippen LogP contribution in [0.5, 0.6) is 0 Å². The van der Waals surface area contributed by atoms with Gasteiger partial charge in [0.15, 0.2) is 0 Å². The summed E-state index contributed by atoms with van der Waals surface area (Å²) in [4.78, 5) is 0. The highest BCUT2D eigenvalue weighted by Gasteiger charge is 2.16. The normalized spacial score (nSPS) is 11.1. The van der Waals surface area contributed by atoms with Crippen molar-refractivity contribution in [2.45, 2.75) is 0 Å². The lowest BCUT2D eigenvalue weighted by atomic mass is 10.3. The molecule has 0 N–H and O–H groups in total. The summed E-state index contributed by atoms with van der Waals surface area (Å²) in [5.74, 6) is 0. The fourth-order valence-electron chi connectivity index (χ4n) is 0.877. The fourth-order valence-corrected chi connectivity index (χ4v) is 3.22. The third-order valence-corrected chi connectivity index (χ3v) is 4.86. The Balaban J connectivity index is 3.02. The summed E-state index contributed by atoms with van der Waals surface area (Å²) in [5.41, 5.74) is 1.46. The number of nitrogens with zero attached hydrogens (tertiary/aromatic N) is 2. The van der Waals surface area contributed by atoms with Crippen molar-refractivity contribution in [3.8, 4) is 0 Å². The van der Waals surface area contributed by atoms with E-state index in [1.54, 1.807) is 0 Å². The highest BCUT2D eigenvalue weighted by molar-refractivity contribution is 9.11. The van der Waals surface area contributed by atoms with Crippen LogP contribution in [-0.2, 0) is 0 Å². The second-order valence-corrected chi connectivity index (χ2v) is 5.09. The van der Waals surface area contributed by atoms with Crippen molar-refractivity contribution in [2.24, 2.45) is 0 Å². The number of aromatic nitrogens is 2. The maximum Gasteiger partial charge on any atom is 0.121 e. The summed E-state index contributed by atoms with van der Waals surface area (Å²) in [6.07, 6.45) is 0. The molecule has 0 aliphatic carbocycles. The molecule has 2 nitrogen and oxygen atoms in total. The van der Waals surface area contributed by atoms with E-state index >= 15 is 0 Å². The second-order valence-electron chi connectivity index (χ2n) is 2.22. The molecule has 2 aromatic rings. The molecular weight excluding hydrogens is 363 g/mol. The number of fused-ring (bicyclic) bond motifs is 1. The van der Waals surface area contributed by atoms with E-state index < -0.39 is 0 Å². The molecule has 2 rings (SSSR count). The van der Waals surface area contributed by atoms with E-state index in [1.165, 1.54) is 0 Å². The largest absolute Gasteiger partial charge is 0.172 e. The van der Waals surface area contributed by atoms with Crippen molar-refractivity contribution in [3.63, 3.8) is 0 Å². The number of hydrogen-bond acceptors (Lipinski definition) is 3. The molecule has 7 heteroatoms. The van der Waals surface area contributed by atoms with Crippen molar-refractivity contribution in [3.05, 3.63) is 19.0 Å². The predicted octanol–water partition coefficient (Wildman–Crippen LogP) is 4.52. The molecule has 0 bridgehead atoms. The fraction of sp³-hybridized carbons (Fsp3) is 0. The van der Waals surface area contributed by atoms with E-state index in [2.05, 4.69) is 40.6 Å². The number of benzene rings is 1. The number of hydrogen-bond donors (Lipinski definition) is 0. The molecule has 13 heavy (non-hydrogen) atoms. The first kappa shape index (κ1) is 10.1. The Kier molecular flexibility index (Phi) is 2.82. The van der Waals surface area contributed by atoms with Gasteiger partial charge in [-0.05, 0) is 31.9 Å². The summed E-state index contributed by atoms with van der Waals surface area (Å²) in [6.45, 7) is 0. The van der Waals surface area contributed by atoms with Crippen molar-refractivity contribution in [2.75, 3.05) is 0 Å². The first-order valence-corrected chi connectivity index (χ1v) is 6.14. The Bertz CT molecular complexity index is 443. The minimum absolute atomic E-state index is 0.453. The van der Waals surface area contributed by atoms with Crippen LogP contribution >= 0.6 is 66.8 Å². The van der Waals surface area contributed by atoms with Gasteiger partial charge in [0.2, 0.25) is 0 Å². The zero-order valence-electron chi connectivity index (χ0n) is 5.81. The number of rotatable bonds is 0. The van der Waals surface area contributed by atoms with Crippen LogP contribution in [-0.4, -0.2) is 8.75 Å². The quantitative estimate of drug-likeness (QED) is 0.508. The lowest BCUT2D eigenvalue weighted by Gasteiger charge is -2.01. The van der Waals surface area contributed by atoms with Crippen molar-refractivity contribution in [1.29, 1.82) is 0 Å². The van der Waals surface area contributed by atoms with Gasteiger partial charge in [-0.25, -0.2) is 0 Å². The van der Waals surface area contributed by atoms with Gasteiger partial charge in [-0.1, -0.05) is 23.2 Å². The molecule has 1 heterocycles. The third-order valence-electron chi connectivity index (χ3n) is 1.48. The zero-order chi connectivity index (χ0) is 9.59. The summed E-state index contributed by atoms with van der Waals surface area (Å²) in [7, 11) is 0. The van der Waals surface area contributed by atoms with E-state index in [0.717, 1.165) is 22.8 Å². The Morgan fingerprint density at radius 2 is 1.31 bits per heavy atom. The highest BCUT2D eigenvalue weighted by Crippen LogP contribution is 2.42. The maximum atomic E-state index is 5.95. The molecule has 0 amide bonds. The van der Waals surface area contributed by atoms with Crippen molar-refractivity contribution in [1.82, 2.24) is 8.75 Å². The van der Waals surface area contributed by atoms with E-state index in [1.807, 2.05) is 0 Å². The summed E-state index contributed by atoms with van der Waals surface area (Å²) < 4.78 is 9.56. The third kappa shape index (κ3) is 1.51. The molecule has 0 radical (unpaired) electrons. The van der Waals surface area contributed by atoms with Gasteiger partial charge in [-0.3, -0.25) is 0 Å². The molecule has 0 unspecified atom stereocenters. The average molecular weight is 363 g/mol. The topological polar surface area (TPSA) is 25.8 Å². The summed E-state index contributed by atoms with van der Waals surface area (Å²) >= 11 is 19.6. The first-order chi connectivity index (χ1) is 6.13. The molecule has 0 saturated carbocycles. The van der Waals surface area contributed by atoms with E-state index in [-0.39, 0.29) is 0 Å². The van der Waals surface area contributed by atoms with Gasteiger partial charge in [0.05, 0.1) is 30.7 Å². The maximum absolute atomic E-state index is 5.95. The van der Waals surface area contributed by atoms with E-state index in [9.17, 15) is 0 Å². The summed E-state index contributed by atoms with van der Waals surface area (Å²) in [5, 5.41) is 0.905. The molecule has 0 fully saturated rings. The Labute approximate surface area is 105 Å². The molecule has 0 aliphatic heterocycles. The zero-order valence-corrected chi connectivity index (χ0v) is 11.3. The molecule has 0 spiro atoms. The molecule has 68 valence electrons. The van der Waals surface area contributed by atoms with Gasteiger partial charge in [-0.2, -0.15) is 8.75 Å². The van der Waals surface area contributed by atoms with Crippen LogP contribution in [0, 0.1) is 0 Å². The van der Waals surface area contributed by atoms with Crippen LogP contribution in [0.25, 0.3) is 11.0 Å². The minimum atomic E-state index is 0.453. The lowest BCUT2D eigenvalue weighted by molar-refractivity contribution is 1.58. The van der Waals surface area contributed by atoms with Crippen LogP contribution < -0.4 is 0 Å².